The third-order valence-electron chi connectivity index (χ3n) is 5.11. The van der Waals surface area contributed by atoms with Crippen LogP contribution in [0, 0.1) is 0 Å². The average Bonchev–Trinajstić information content (AvgIpc) is 2.62. The molecular formula is C22H45NO3. The van der Waals surface area contributed by atoms with Gasteiger partial charge in [0.15, 0.2) is 0 Å². The Morgan fingerprint density at radius 3 is 1.50 bits per heavy atom. The number of aliphatic hydroxyl groups excluding tert-OH is 1. The van der Waals surface area contributed by atoms with Crippen molar-refractivity contribution in [1.82, 2.24) is 4.90 Å². The Bertz CT molecular complexity index is 297. The normalized spacial score (nSPS) is 11.3. The lowest BCUT2D eigenvalue weighted by Crippen LogP contribution is -2.29. The SMILES string of the molecule is CCCCCCCCCCN(CCO)CCCCCCCCCC(=O)O. The van der Waals surface area contributed by atoms with Gasteiger partial charge in [-0.1, -0.05) is 84.0 Å². The number of unbranched alkanes of at least 4 members (excludes halogenated alkanes) is 13. The summed E-state index contributed by atoms with van der Waals surface area (Å²) < 4.78 is 0. The van der Waals surface area contributed by atoms with Crippen LogP contribution in [0.25, 0.3) is 0 Å². The van der Waals surface area contributed by atoms with Gasteiger partial charge in [0.25, 0.3) is 0 Å². The molecule has 0 aromatic carbocycles. The predicted octanol–water partition coefficient (Wildman–Crippen LogP) is 5.63. The van der Waals surface area contributed by atoms with Crippen LogP contribution in [0.3, 0.4) is 0 Å². The van der Waals surface area contributed by atoms with E-state index < -0.39 is 5.97 Å². The van der Waals surface area contributed by atoms with Crippen molar-refractivity contribution in [2.75, 3.05) is 26.2 Å². The molecule has 26 heavy (non-hydrogen) atoms. The summed E-state index contributed by atoms with van der Waals surface area (Å²) in [5, 5.41) is 17.8. The topological polar surface area (TPSA) is 60.8 Å². The lowest BCUT2D eigenvalue weighted by Gasteiger charge is -2.21. The molecule has 0 aliphatic heterocycles. The van der Waals surface area contributed by atoms with Crippen molar-refractivity contribution in [3.63, 3.8) is 0 Å². The van der Waals surface area contributed by atoms with E-state index in [0.717, 1.165) is 38.9 Å². The van der Waals surface area contributed by atoms with Crippen molar-refractivity contribution in [3.05, 3.63) is 0 Å². The molecule has 156 valence electrons. The predicted molar refractivity (Wildman–Crippen MR) is 111 cm³/mol. The lowest BCUT2D eigenvalue weighted by atomic mass is 10.1. The molecule has 0 rings (SSSR count). The van der Waals surface area contributed by atoms with Crippen LogP contribution in [0.1, 0.15) is 110 Å². The number of rotatable bonds is 21. The smallest absolute Gasteiger partial charge is 0.303 e. The second-order valence-electron chi connectivity index (χ2n) is 7.66. The first-order valence-electron chi connectivity index (χ1n) is 11.3. The monoisotopic (exact) mass is 371 g/mol. The van der Waals surface area contributed by atoms with Crippen LogP contribution in [-0.4, -0.2) is 47.3 Å². The summed E-state index contributed by atoms with van der Waals surface area (Å²) in [7, 11) is 0. The molecule has 0 atom stereocenters. The quantitative estimate of drug-likeness (QED) is 0.257. The number of aliphatic carboxylic acids is 1. The Balaban J connectivity index is 3.45. The minimum Gasteiger partial charge on any atom is -0.481 e. The van der Waals surface area contributed by atoms with E-state index in [1.807, 2.05) is 0 Å². The second kappa shape index (κ2) is 20.7. The molecule has 2 N–H and O–H groups in total. The molecule has 0 amide bonds. The van der Waals surface area contributed by atoms with E-state index >= 15 is 0 Å². The molecule has 0 aliphatic rings. The molecule has 0 aromatic heterocycles. The van der Waals surface area contributed by atoms with Crippen LogP contribution in [0.5, 0.6) is 0 Å². The number of carbonyl (C=O) groups is 1. The molecule has 0 bridgehead atoms. The molecule has 4 nitrogen and oxygen atoms in total. The van der Waals surface area contributed by atoms with Gasteiger partial charge in [-0.25, -0.2) is 0 Å². The van der Waals surface area contributed by atoms with Crippen LogP contribution in [0.15, 0.2) is 0 Å². The highest BCUT2D eigenvalue weighted by atomic mass is 16.4. The highest BCUT2D eigenvalue weighted by Crippen LogP contribution is 2.11. The van der Waals surface area contributed by atoms with E-state index in [4.69, 9.17) is 5.11 Å². The van der Waals surface area contributed by atoms with E-state index in [9.17, 15) is 9.90 Å². The second-order valence-corrected chi connectivity index (χ2v) is 7.66. The molecule has 0 radical (unpaired) electrons. The van der Waals surface area contributed by atoms with Gasteiger partial charge < -0.3 is 15.1 Å². The van der Waals surface area contributed by atoms with Crippen LogP contribution in [0.2, 0.25) is 0 Å². The van der Waals surface area contributed by atoms with Gasteiger partial charge in [-0.3, -0.25) is 4.79 Å². The summed E-state index contributed by atoms with van der Waals surface area (Å²) in [6.45, 7) is 5.57. The summed E-state index contributed by atoms with van der Waals surface area (Å²) >= 11 is 0. The molecule has 0 aliphatic carbocycles. The summed E-state index contributed by atoms with van der Waals surface area (Å²) in [6.07, 6.45) is 19.1. The third-order valence-corrected chi connectivity index (χ3v) is 5.11. The van der Waals surface area contributed by atoms with E-state index in [1.165, 1.54) is 77.0 Å². The number of hydrogen-bond acceptors (Lipinski definition) is 3. The number of hydrogen-bond donors (Lipinski definition) is 2. The first kappa shape index (κ1) is 25.4. The van der Waals surface area contributed by atoms with Gasteiger partial charge in [-0.05, 0) is 32.4 Å². The highest BCUT2D eigenvalue weighted by molar-refractivity contribution is 5.66. The maximum Gasteiger partial charge on any atom is 0.303 e. The zero-order valence-corrected chi connectivity index (χ0v) is 17.4. The first-order chi connectivity index (χ1) is 12.7. The lowest BCUT2D eigenvalue weighted by molar-refractivity contribution is -0.137. The van der Waals surface area contributed by atoms with Gasteiger partial charge in [0, 0.05) is 13.0 Å². The number of carboxylic acid groups (broad SMARTS) is 1. The van der Waals surface area contributed by atoms with E-state index in [-0.39, 0.29) is 6.61 Å². The molecule has 0 saturated carbocycles. The van der Waals surface area contributed by atoms with Crippen LogP contribution in [-0.2, 0) is 4.79 Å². The zero-order chi connectivity index (χ0) is 19.3. The van der Waals surface area contributed by atoms with Gasteiger partial charge in [-0.15, -0.1) is 0 Å². The summed E-state index contributed by atoms with van der Waals surface area (Å²) in [4.78, 5) is 12.9. The minimum atomic E-state index is -0.675. The molecular weight excluding hydrogens is 326 g/mol. The van der Waals surface area contributed by atoms with E-state index in [2.05, 4.69) is 11.8 Å². The van der Waals surface area contributed by atoms with E-state index in [0.29, 0.717) is 6.42 Å². The van der Waals surface area contributed by atoms with Gasteiger partial charge in [0.05, 0.1) is 6.61 Å². The Hall–Kier alpha value is -0.610. The van der Waals surface area contributed by atoms with Crippen molar-refractivity contribution >= 4 is 5.97 Å². The fourth-order valence-electron chi connectivity index (χ4n) is 3.44. The van der Waals surface area contributed by atoms with Crippen LogP contribution >= 0.6 is 0 Å². The van der Waals surface area contributed by atoms with Crippen molar-refractivity contribution in [3.8, 4) is 0 Å². The van der Waals surface area contributed by atoms with Gasteiger partial charge in [0.2, 0.25) is 0 Å². The molecule has 4 heteroatoms. The molecule has 0 heterocycles. The summed E-state index contributed by atoms with van der Waals surface area (Å²) in [5.74, 6) is -0.675. The van der Waals surface area contributed by atoms with Crippen molar-refractivity contribution in [2.24, 2.45) is 0 Å². The number of aliphatic hydroxyl groups is 1. The molecule has 0 saturated heterocycles. The average molecular weight is 372 g/mol. The summed E-state index contributed by atoms with van der Waals surface area (Å²) in [5.41, 5.74) is 0. The standard InChI is InChI=1S/C22H45NO3/c1-2-3-4-5-6-9-12-15-18-23(20-21-24)19-16-13-10-7-8-11-14-17-22(25)26/h24H,2-21H2,1H3,(H,25,26). The number of nitrogens with zero attached hydrogens (tertiary/aromatic N) is 1. The molecule has 0 spiro atoms. The van der Waals surface area contributed by atoms with Crippen LogP contribution in [0.4, 0.5) is 0 Å². The van der Waals surface area contributed by atoms with Crippen molar-refractivity contribution in [1.29, 1.82) is 0 Å². The number of carboxylic acids is 1. The molecule has 0 aromatic rings. The Labute approximate surface area is 162 Å². The Kier molecular flexibility index (Phi) is 20.2. The largest absolute Gasteiger partial charge is 0.481 e. The zero-order valence-electron chi connectivity index (χ0n) is 17.4. The Morgan fingerprint density at radius 1 is 0.654 bits per heavy atom. The van der Waals surface area contributed by atoms with Crippen molar-refractivity contribution in [2.45, 2.75) is 110 Å². The fourth-order valence-corrected chi connectivity index (χ4v) is 3.44. The Morgan fingerprint density at radius 2 is 1.08 bits per heavy atom. The van der Waals surface area contributed by atoms with Crippen molar-refractivity contribution < 1.29 is 15.0 Å². The first-order valence-corrected chi connectivity index (χ1v) is 11.3. The maximum atomic E-state index is 10.4. The minimum absolute atomic E-state index is 0.264. The van der Waals surface area contributed by atoms with Gasteiger partial charge >= 0.3 is 5.97 Å². The summed E-state index contributed by atoms with van der Waals surface area (Å²) in [6, 6.07) is 0. The van der Waals surface area contributed by atoms with E-state index in [1.54, 1.807) is 0 Å². The highest BCUT2D eigenvalue weighted by Gasteiger charge is 2.04. The molecule has 0 unspecified atom stereocenters. The fraction of sp³-hybridized carbons (Fsp3) is 0.955. The maximum absolute atomic E-state index is 10.4. The molecule has 0 fully saturated rings. The third kappa shape index (κ3) is 19.7. The van der Waals surface area contributed by atoms with Crippen LogP contribution < -0.4 is 0 Å². The van der Waals surface area contributed by atoms with Gasteiger partial charge in [-0.2, -0.15) is 0 Å². The van der Waals surface area contributed by atoms with Gasteiger partial charge in [0.1, 0.15) is 0 Å².